The highest BCUT2D eigenvalue weighted by molar-refractivity contribution is 5.69. The fraction of sp³-hybridized carbons (Fsp3) is 0.167. The fourth-order valence-electron chi connectivity index (χ4n) is 1.04. The standard InChI is InChI=1S/C6H7N5O2/c1-13-11-2-8-3-4(11)9-6(7)10-5(3)12/h2H,1H3,(H3,7,9,10,12). The van der Waals surface area contributed by atoms with Gasteiger partial charge in [0.25, 0.3) is 5.56 Å². The maximum absolute atomic E-state index is 11.2. The van der Waals surface area contributed by atoms with Crippen LogP contribution in [0.25, 0.3) is 11.2 Å². The van der Waals surface area contributed by atoms with Crippen molar-refractivity contribution in [3.63, 3.8) is 0 Å². The van der Waals surface area contributed by atoms with Crippen molar-refractivity contribution in [3.05, 3.63) is 16.7 Å². The summed E-state index contributed by atoms with van der Waals surface area (Å²) >= 11 is 0. The van der Waals surface area contributed by atoms with Crippen molar-refractivity contribution in [2.75, 3.05) is 12.8 Å². The molecule has 7 heteroatoms. The highest BCUT2D eigenvalue weighted by Crippen LogP contribution is 2.03. The number of H-pyrrole nitrogens is 1. The second-order valence-corrected chi connectivity index (χ2v) is 2.38. The molecular formula is C6H7N5O2. The van der Waals surface area contributed by atoms with E-state index >= 15 is 0 Å². The van der Waals surface area contributed by atoms with Gasteiger partial charge in [0.1, 0.15) is 13.4 Å². The highest BCUT2D eigenvalue weighted by atomic mass is 16.6. The Balaban J connectivity index is 2.90. The molecule has 0 fully saturated rings. The van der Waals surface area contributed by atoms with Crippen molar-refractivity contribution in [3.8, 4) is 0 Å². The van der Waals surface area contributed by atoms with Crippen molar-refractivity contribution in [2.45, 2.75) is 0 Å². The van der Waals surface area contributed by atoms with Crippen LogP contribution in [0.5, 0.6) is 0 Å². The first-order valence-electron chi connectivity index (χ1n) is 3.49. The second kappa shape index (κ2) is 2.47. The Bertz CT molecular complexity index is 499. The summed E-state index contributed by atoms with van der Waals surface area (Å²) < 4.78 is 1.26. The predicted octanol–water partition coefficient (Wildman–Crippen LogP) is -1.24. The van der Waals surface area contributed by atoms with Crippen molar-refractivity contribution in [1.29, 1.82) is 0 Å². The lowest BCUT2D eigenvalue weighted by Crippen LogP contribution is -2.13. The molecule has 68 valence electrons. The third kappa shape index (κ3) is 1.01. The Morgan fingerprint density at radius 3 is 3.15 bits per heavy atom. The molecule has 0 unspecified atom stereocenters. The first kappa shape index (κ1) is 7.59. The average Bonchev–Trinajstić information content (AvgIpc) is 2.47. The summed E-state index contributed by atoms with van der Waals surface area (Å²) in [5.41, 5.74) is 5.48. The van der Waals surface area contributed by atoms with Crippen molar-refractivity contribution < 1.29 is 4.84 Å². The molecule has 0 aliphatic carbocycles. The molecule has 0 atom stereocenters. The number of nitrogens with one attached hydrogen (secondary N) is 1. The van der Waals surface area contributed by atoms with Crippen LogP contribution in [0.3, 0.4) is 0 Å². The van der Waals surface area contributed by atoms with Crippen molar-refractivity contribution in [1.82, 2.24) is 19.7 Å². The molecule has 2 aromatic heterocycles. The summed E-state index contributed by atoms with van der Waals surface area (Å²) in [7, 11) is 1.44. The zero-order valence-corrected chi connectivity index (χ0v) is 6.81. The Labute approximate surface area is 72.1 Å². The van der Waals surface area contributed by atoms with Gasteiger partial charge in [-0.3, -0.25) is 9.78 Å². The molecule has 3 N–H and O–H groups in total. The normalized spacial score (nSPS) is 10.5. The third-order valence-electron chi connectivity index (χ3n) is 1.59. The summed E-state index contributed by atoms with van der Waals surface area (Å²) in [5, 5.41) is 0. The summed E-state index contributed by atoms with van der Waals surface area (Å²) in [5.74, 6) is 0.0382. The van der Waals surface area contributed by atoms with E-state index in [0.717, 1.165) is 0 Å². The number of aromatic amines is 1. The molecule has 0 aromatic carbocycles. The third-order valence-corrected chi connectivity index (χ3v) is 1.59. The molecule has 0 spiro atoms. The smallest absolute Gasteiger partial charge is 0.280 e. The minimum Gasteiger partial charge on any atom is -0.414 e. The van der Waals surface area contributed by atoms with E-state index in [-0.39, 0.29) is 17.0 Å². The van der Waals surface area contributed by atoms with Crippen LogP contribution in [-0.4, -0.2) is 26.8 Å². The lowest BCUT2D eigenvalue weighted by atomic mass is 10.5. The van der Waals surface area contributed by atoms with Gasteiger partial charge in [0.15, 0.2) is 5.52 Å². The lowest BCUT2D eigenvalue weighted by molar-refractivity contribution is 0.176. The first-order chi connectivity index (χ1) is 6.22. The highest BCUT2D eigenvalue weighted by Gasteiger charge is 2.08. The van der Waals surface area contributed by atoms with E-state index in [4.69, 9.17) is 10.6 Å². The summed E-state index contributed by atoms with van der Waals surface area (Å²) in [6.07, 6.45) is 1.35. The van der Waals surface area contributed by atoms with E-state index < -0.39 is 0 Å². The molecule has 0 amide bonds. The molecular weight excluding hydrogens is 174 g/mol. The minimum atomic E-state index is -0.377. The Kier molecular flexibility index (Phi) is 1.44. The Hall–Kier alpha value is -2.05. The van der Waals surface area contributed by atoms with Gasteiger partial charge in [-0.1, -0.05) is 0 Å². The van der Waals surface area contributed by atoms with Gasteiger partial charge in [-0.2, -0.15) is 9.71 Å². The van der Waals surface area contributed by atoms with E-state index in [1.54, 1.807) is 0 Å². The Morgan fingerprint density at radius 2 is 2.46 bits per heavy atom. The van der Waals surface area contributed by atoms with Gasteiger partial charge in [-0.15, -0.1) is 0 Å². The van der Waals surface area contributed by atoms with E-state index in [0.29, 0.717) is 5.65 Å². The van der Waals surface area contributed by atoms with Gasteiger partial charge >= 0.3 is 0 Å². The number of nitrogens with zero attached hydrogens (tertiary/aromatic N) is 3. The summed E-state index contributed by atoms with van der Waals surface area (Å²) in [4.78, 5) is 26.1. The van der Waals surface area contributed by atoms with Crippen LogP contribution in [0.4, 0.5) is 5.95 Å². The number of nitrogen functional groups attached to an aromatic ring is 1. The zero-order chi connectivity index (χ0) is 9.42. The van der Waals surface area contributed by atoms with Gasteiger partial charge in [-0.05, 0) is 0 Å². The van der Waals surface area contributed by atoms with Crippen molar-refractivity contribution in [2.24, 2.45) is 0 Å². The van der Waals surface area contributed by atoms with Gasteiger partial charge in [0.05, 0.1) is 0 Å². The van der Waals surface area contributed by atoms with Crippen LogP contribution in [-0.2, 0) is 0 Å². The number of anilines is 1. The molecule has 2 heterocycles. The molecule has 2 aromatic rings. The Morgan fingerprint density at radius 1 is 1.69 bits per heavy atom. The topological polar surface area (TPSA) is 98.8 Å². The number of fused-ring (bicyclic) bond motifs is 1. The van der Waals surface area contributed by atoms with E-state index in [1.807, 2.05) is 0 Å². The monoisotopic (exact) mass is 181 g/mol. The largest absolute Gasteiger partial charge is 0.414 e. The molecule has 0 aliphatic heterocycles. The lowest BCUT2D eigenvalue weighted by Gasteiger charge is -1.98. The van der Waals surface area contributed by atoms with Crippen LogP contribution in [0.1, 0.15) is 0 Å². The molecule has 0 radical (unpaired) electrons. The zero-order valence-electron chi connectivity index (χ0n) is 6.81. The predicted molar refractivity (Wildman–Crippen MR) is 45.1 cm³/mol. The molecule has 0 saturated heterocycles. The van der Waals surface area contributed by atoms with Crippen LogP contribution >= 0.6 is 0 Å². The number of hydrogen-bond donors (Lipinski definition) is 2. The van der Waals surface area contributed by atoms with E-state index in [9.17, 15) is 4.79 Å². The summed E-state index contributed by atoms with van der Waals surface area (Å²) in [6, 6.07) is 0. The van der Waals surface area contributed by atoms with Crippen LogP contribution in [0.2, 0.25) is 0 Å². The van der Waals surface area contributed by atoms with Gasteiger partial charge in [0.2, 0.25) is 11.6 Å². The number of rotatable bonds is 1. The maximum atomic E-state index is 11.2. The van der Waals surface area contributed by atoms with E-state index in [2.05, 4.69) is 15.0 Å². The molecule has 2 rings (SSSR count). The van der Waals surface area contributed by atoms with Crippen LogP contribution in [0.15, 0.2) is 11.1 Å². The number of hydrogen-bond acceptors (Lipinski definition) is 5. The maximum Gasteiger partial charge on any atom is 0.280 e. The molecule has 0 aliphatic rings. The fourth-order valence-corrected chi connectivity index (χ4v) is 1.04. The minimum absolute atomic E-state index is 0.0382. The number of aromatic nitrogens is 4. The first-order valence-corrected chi connectivity index (χ1v) is 3.49. The summed E-state index contributed by atoms with van der Waals surface area (Å²) in [6.45, 7) is 0. The molecule has 13 heavy (non-hydrogen) atoms. The number of imidazole rings is 1. The molecule has 0 bridgehead atoms. The van der Waals surface area contributed by atoms with Gasteiger partial charge < -0.3 is 10.6 Å². The average molecular weight is 181 g/mol. The van der Waals surface area contributed by atoms with Crippen LogP contribution < -0.4 is 16.1 Å². The number of nitrogens with two attached hydrogens (primary N) is 1. The van der Waals surface area contributed by atoms with Crippen molar-refractivity contribution >= 4 is 17.1 Å². The van der Waals surface area contributed by atoms with Gasteiger partial charge in [-0.25, -0.2) is 4.98 Å². The van der Waals surface area contributed by atoms with Crippen LogP contribution in [0, 0.1) is 0 Å². The molecule has 0 saturated carbocycles. The SMILES string of the molecule is COn1cnc2c(=O)[nH]c(N)nc21. The van der Waals surface area contributed by atoms with E-state index in [1.165, 1.54) is 18.2 Å². The quantitative estimate of drug-likeness (QED) is 0.573. The van der Waals surface area contributed by atoms with Gasteiger partial charge in [0, 0.05) is 0 Å². The molecule has 7 nitrogen and oxygen atoms in total. The second-order valence-electron chi connectivity index (χ2n) is 2.38.